The van der Waals surface area contributed by atoms with Crippen LogP contribution in [0, 0.1) is 12.3 Å². The number of hydrogen-bond donors (Lipinski definition) is 1. The monoisotopic (exact) mass is 306 g/mol. The maximum atomic E-state index is 4.53. The number of aromatic nitrogens is 2. The summed E-state index contributed by atoms with van der Waals surface area (Å²) in [4.78, 5) is 7.13. The van der Waals surface area contributed by atoms with Crippen molar-refractivity contribution >= 4 is 18.1 Å². The number of halogens is 1. The predicted octanol–water partition coefficient (Wildman–Crippen LogP) is 2.25. The van der Waals surface area contributed by atoms with E-state index < -0.39 is 0 Å². The van der Waals surface area contributed by atoms with Crippen LogP contribution in [0.25, 0.3) is 5.65 Å². The minimum atomic E-state index is 0. The molecule has 2 fully saturated rings. The van der Waals surface area contributed by atoms with E-state index in [1.165, 1.54) is 50.4 Å². The zero-order valence-corrected chi connectivity index (χ0v) is 13.3. The Balaban J connectivity index is 0.00000132. The Morgan fingerprint density at radius 3 is 3.05 bits per heavy atom. The van der Waals surface area contributed by atoms with Gasteiger partial charge in [0, 0.05) is 25.3 Å². The normalized spacial score (nSPS) is 25.8. The fourth-order valence-corrected chi connectivity index (χ4v) is 3.92. The average molecular weight is 307 g/mol. The Hall–Kier alpha value is -1.10. The number of rotatable bonds is 2. The summed E-state index contributed by atoms with van der Waals surface area (Å²) < 4.78 is 2.29. The van der Waals surface area contributed by atoms with Gasteiger partial charge in [-0.25, -0.2) is 4.98 Å². The lowest BCUT2D eigenvalue weighted by Gasteiger charge is -2.22. The van der Waals surface area contributed by atoms with Crippen LogP contribution in [-0.4, -0.2) is 40.5 Å². The molecule has 5 heteroatoms. The van der Waals surface area contributed by atoms with Crippen LogP contribution in [0.5, 0.6) is 0 Å². The second-order valence-corrected chi connectivity index (χ2v) is 6.50. The van der Waals surface area contributed by atoms with Gasteiger partial charge in [0.25, 0.3) is 0 Å². The first-order valence-corrected chi connectivity index (χ1v) is 7.61. The lowest BCUT2D eigenvalue weighted by molar-refractivity contribution is 0.266. The molecule has 114 valence electrons. The van der Waals surface area contributed by atoms with Crippen LogP contribution >= 0.6 is 12.4 Å². The minimum Gasteiger partial charge on any atom is -0.316 e. The highest BCUT2D eigenvalue weighted by Crippen LogP contribution is 2.36. The molecule has 4 rings (SSSR count). The van der Waals surface area contributed by atoms with E-state index in [0.29, 0.717) is 5.41 Å². The SMILES string of the molecule is Cc1cccc2ncc(CN3CCC4(CCNC4)C3)n12.Cl. The van der Waals surface area contributed by atoms with Crippen molar-refractivity contribution in [2.45, 2.75) is 26.3 Å². The third-order valence-corrected chi connectivity index (χ3v) is 5.03. The third kappa shape index (κ3) is 2.56. The topological polar surface area (TPSA) is 32.6 Å². The van der Waals surface area contributed by atoms with E-state index in [4.69, 9.17) is 0 Å². The number of imidazole rings is 1. The summed E-state index contributed by atoms with van der Waals surface area (Å²) in [7, 11) is 0. The van der Waals surface area contributed by atoms with Gasteiger partial charge in [-0.15, -0.1) is 12.4 Å². The van der Waals surface area contributed by atoms with Crippen molar-refractivity contribution in [2.75, 3.05) is 26.2 Å². The van der Waals surface area contributed by atoms with Crippen molar-refractivity contribution in [1.82, 2.24) is 19.6 Å². The molecule has 21 heavy (non-hydrogen) atoms. The highest BCUT2D eigenvalue weighted by atomic mass is 35.5. The quantitative estimate of drug-likeness (QED) is 0.924. The van der Waals surface area contributed by atoms with Gasteiger partial charge in [-0.3, -0.25) is 4.90 Å². The van der Waals surface area contributed by atoms with Crippen molar-refractivity contribution in [3.05, 3.63) is 35.8 Å². The molecule has 0 saturated carbocycles. The summed E-state index contributed by atoms with van der Waals surface area (Å²) in [5.74, 6) is 0. The molecule has 0 amide bonds. The van der Waals surface area contributed by atoms with E-state index in [1.807, 2.05) is 6.20 Å². The Morgan fingerprint density at radius 1 is 1.33 bits per heavy atom. The first-order valence-electron chi connectivity index (χ1n) is 7.61. The highest BCUT2D eigenvalue weighted by molar-refractivity contribution is 5.85. The molecule has 1 atom stereocenters. The van der Waals surface area contributed by atoms with E-state index in [2.05, 4.69) is 44.7 Å². The summed E-state index contributed by atoms with van der Waals surface area (Å²) in [6.07, 6.45) is 4.73. The van der Waals surface area contributed by atoms with E-state index in [-0.39, 0.29) is 12.4 Å². The van der Waals surface area contributed by atoms with Gasteiger partial charge in [-0.05, 0) is 50.4 Å². The molecule has 2 aromatic heterocycles. The molecule has 2 aliphatic rings. The van der Waals surface area contributed by atoms with Crippen LogP contribution in [0.15, 0.2) is 24.4 Å². The predicted molar refractivity (Wildman–Crippen MR) is 87.0 cm³/mol. The molecule has 2 aromatic rings. The number of likely N-dealkylation sites (tertiary alicyclic amines) is 1. The van der Waals surface area contributed by atoms with Crippen LogP contribution in [-0.2, 0) is 6.54 Å². The fourth-order valence-electron chi connectivity index (χ4n) is 3.92. The standard InChI is InChI=1S/C16H22N4.ClH/c1-13-3-2-4-15-18-9-14(20(13)15)10-19-8-6-16(12-19)5-7-17-11-16;/h2-4,9,17H,5-8,10-12H2,1H3;1H. The highest BCUT2D eigenvalue weighted by Gasteiger charge is 2.40. The maximum Gasteiger partial charge on any atom is 0.137 e. The van der Waals surface area contributed by atoms with Crippen LogP contribution in [0.3, 0.4) is 0 Å². The molecule has 0 radical (unpaired) electrons. The number of aryl methyl sites for hydroxylation is 1. The number of fused-ring (bicyclic) bond motifs is 1. The molecular weight excluding hydrogens is 284 g/mol. The molecule has 0 bridgehead atoms. The van der Waals surface area contributed by atoms with Crippen LogP contribution in [0.4, 0.5) is 0 Å². The van der Waals surface area contributed by atoms with Crippen LogP contribution in [0.2, 0.25) is 0 Å². The first kappa shape index (κ1) is 14.8. The van der Waals surface area contributed by atoms with Crippen molar-refractivity contribution < 1.29 is 0 Å². The molecule has 0 aromatic carbocycles. The van der Waals surface area contributed by atoms with E-state index >= 15 is 0 Å². The molecule has 4 nitrogen and oxygen atoms in total. The molecule has 1 spiro atoms. The van der Waals surface area contributed by atoms with Crippen LogP contribution in [0.1, 0.15) is 24.2 Å². The molecular formula is C16H23ClN4. The zero-order valence-electron chi connectivity index (χ0n) is 12.5. The number of pyridine rings is 1. The Bertz CT molecular complexity index is 630. The fraction of sp³-hybridized carbons (Fsp3) is 0.562. The van der Waals surface area contributed by atoms with Crippen molar-refractivity contribution in [2.24, 2.45) is 5.41 Å². The smallest absolute Gasteiger partial charge is 0.137 e. The number of nitrogens with zero attached hydrogens (tertiary/aromatic N) is 3. The summed E-state index contributed by atoms with van der Waals surface area (Å²) in [5, 5.41) is 3.53. The van der Waals surface area contributed by atoms with Gasteiger partial charge in [0.15, 0.2) is 0 Å². The Kier molecular flexibility index (Phi) is 3.95. The van der Waals surface area contributed by atoms with Gasteiger partial charge in [-0.2, -0.15) is 0 Å². The molecule has 4 heterocycles. The Morgan fingerprint density at radius 2 is 2.24 bits per heavy atom. The largest absolute Gasteiger partial charge is 0.316 e. The third-order valence-electron chi connectivity index (χ3n) is 5.03. The van der Waals surface area contributed by atoms with E-state index in [9.17, 15) is 0 Å². The summed E-state index contributed by atoms with van der Waals surface area (Å²) in [5.41, 5.74) is 4.21. The summed E-state index contributed by atoms with van der Waals surface area (Å²) in [6, 6.07) is 6.32. The zero-order chi connectivity index (χ0) is 13.6. The second kappa shape index (κ2) is 5.59. The lowest BCUT2D eigenvalue weighted by atomic mass is 9.87. The summed E-state index contributed by atoms with van der Waals surface area (Å²) in [6.45, 7) is 8.04. The Labute approximate surface area is 132 Å². The van der Waals surface area contributed by atoms with Gasteiger partial charge in [-0.1, -0.05) is 6.07 Å². The molecule has 1 unspecified atom stereocenters. The molecule has 0 aliphatic carbocycles. The lowest BCUT2D eigenvalue weighted by Crippen LogP contribution is -2.29. The van der Waals surface area contributed by atoms with Gasteiger partial charge in [0.05, 0.1) is 11.9 Å². The molecule has 2 aliphatic heterocycles. The number of hydrogen-bond acceptors (Lipinski definition) is 3. The van der Waals surface area contributed by atoms with Crippen molar-refractivity contribution in [1.29, 1.82) is 0 Å². The molecule has 1 N–H and O–H groups in total. The minimum absolute atomic E-state index is 0. The number of nitrogens with one attached hydrogen (secondary N) is 1. The van der Waals surface area contributed by atoms with Gasteiger partial charge >= 0.3 is 0 Å². The van der Waals surface area contributed by atoms with Gasteiger partial charge in [0.1, 0.15) is 5.65 Å². The van der Waals surface area contributed by atoms with Crippen molar-refractivity contribution in [3.8, 4) is 0 Å². The first-order chi connectivity index (χ1) is 9.76. The van der Waals surface area contributed by atoms with E-state index in [1.54, 1.807) is 0 Å². The van der Waals surface area contributed by atoms with Crippen molar-refractivity contribution in [3.63, 3.8) is 0 Å². The second-order valence-electron chi connectivity index (χ2n) is 6.50. The average Bonchev–Trinajstić information content (AvgIpc) is 3.14. The van der Waals surface area contributed by atoms with E-state index in [0.717, 1.165) is 12.2 Å². The maximum absolute atomic E-state index is 4.53. The van der Waals surface area contributed by atoms with Gasteiger partial charge < -0.3 is 9.72 Å². The molecule has 2 saturated heterocycles. The van der Waals surface area contributed by atoms with Crippen LogP contribution < -0.4 is 5.32 Å². The summed E-state index contributed by atoms with van der Waals surface area (Å²) >= 11 is 0. The van der Waals surface area contributed by atoms with Gasteiger partial charge in [0.2, 0.25) is 0 Å².